The van der Waals surface area contributed by atoms with E-state index in [1.54, 1.807) is 0 Å². The Morgan fingerprint density at radius 2 is 2.07 bits per heavy atom. The van der Waals surface area contributed by atoms with Crippen molar-refractivity contribution >= 4 is 0 Å². The third-order valence-corrected chi connectivity index (χ3v) is 4.97. The second-order valence-electron chi connectivity index (χ2n) is 7.67. The third kappa shape index (κ3) is 5.94. The molecule has 1 aliphatic rings. The highest BCUT2D eigenvalue weighted by atomic mass is 16.5. The van der Waals surface area contributed by atoms with Gasteiger partial charge in [0.25, 0.3) is 0 Å². The van der Waals surface area contributed by atoms with Crippen LogP contribution in [0, 0.1) is 5.41 Å². The van der Waals surface area contributed by atoms with Crippen LogP contribution in [-0.4, -0.2) is 47.6 Å². The van der Waals surface area contributed by atoms with E-state index in [1.165, 1.54) is 5.56 Å². The summed E-state index contributed by atoms with van der Waals surface area (Å²) < 4.78 is 11.8. The number of aromatic amines is 2. The number of H-pyrrole nitrogens is 2. The Kier molecular flexibility index (Phi) is 6.68. The first kappa shape index (κ1) is 19.6. The number of rotatable bonds is 9. The minimum atomic E-state index is -0.251. The van der Waals surface area contributed by atoms with Crippen molar-refractivity contribution in [2.75, 3.05) is 26.3 Å². The Balaban J connectivity index is 1.52. The summed E-state index contributed by atoms with van der Waals surface area (Å²) in [7, 11) is 0. The van der Waals surface area contributed by atoms with Crippen molar-refractivity contribution in [1.82, 2.24) is 20.5 Å². The molecule has 1 saturated heterocycles. The number of nitrogens with zero attached hydrogens (tertiary/aromatic N) is 1. The first-order valence-electron chi connectivity index (χ1n) is 9.72. The minimum Gasteiger partial charge on any atom is -0.491 e. The second kappa shape index (κ2) is 9.19. The highest BCUT2D eigenvalue weighted by Gasteiger charge is 2.33. The fourth-order valence-corrected chi connectivity index (χ4v) is 3.60. The molecule has 0 amide bonds. The molecule has 3 rings (SSSR count). The van der Waals surface area contributed by atoms with Gasteiger partial charge in [0.05, 0.1) is 19.3 Å². The summed E-state index contributed by atoms with van der Waals surface area (Å²) in [6.07, 6.45) is 3.78. The fraction of sp³-hybridized carbons (Fsp3) is 0.600. The zero-order valence-electron chi connectivity index (χ0n) is 16.2. The molecule has 0 spiro atoms. The zero-order chi connectivity index (χ0) is 19.1. The van der Waals surface area contributed by atoms with Gasteiger partial charge in [-0.05, 0) is 63.9 Å². The maximum Gasteiger partial charge on any atom is 0.340 e. The molecule has 0 radical (unpaired) electrons. The lowest BCUT2D eigenvalue weighted by molar-refractivity contribution is 0.0242. The lowest BCUT2D eigenvalue weighted by Crippen LogP contribution is -2.41. The predicted molar refractivity (Wildman–Crippen MR) is 104 cm³/mol. The first-order chi connectivity index (χ1) is 13.0. The van der Waals surface area contributed by atoms with Crippen LogP contribution in [0.4, 0.5) is 0 Å². The van der Waals surface area contributed by atoms with Crippen molar-refractivity contribution in [3.05, 3.63) is 46.1 Å². The van der Waals surface area contributed by atoms with Crippen molar-refractivity contribution in [2.45, 2.75) is 45.6 Å². The van der Waals surface area contributed by atoms with E-state index >= 15 is 0 Å². The molecule has 2 aromatic rings. The Morgan fingerprint density at radius 1 is 1.26 bits per heavy atom. The average Bonchev–Trinajstić information content (AvgIpc) is 3.04. The number of benzene rings is 1. The van der Waals surface area contributed by atoms with E-state index in [4.69, 9.17) is 9.47 Å². The van der Waals surface area contributed by atoms with Gasteiger partial charge in [-0.3, -0.25) is 4.98 Å². The SMILES string of the molecule is CC(C)Oc1cccc(CCOCC2(Cc3n[nH]c(=O)[nH]3)CCNCC2)c1. The molecule has 7 heteroatoms. The minimum absolute atomic E-state index is 0.0198. The Labute approximate surface area is 159 Å². The van der Waals surface area contributed by atoms with Gasteiger partial charge in [0.2, 0.25) is 0 Å². The van der Waals surface area contributed by atoms with E-state index in [2.05, 4.69) is 32.6 Å². The molecule has 0 unspecified atom stereocenters. The van der Waals surface area contributed by atoms with Gasteiger partial charge in [0.15, 0.2) is 0 Å². The van der Waals surface area contributed by atoms with E-state index < -0.39 is 0 Å². The molecule has 0 saturated carbocycles. The second-order valence-corrected chi connectivity index (χ2v) is 7.67. The monoisotopic (exact) mass is 374 g/mol. The van der Waals surface area contributed by atoms with Gasteiger partial charge < -0.3 is 14.8 Å². The number of aromatic nitrogens is 3. The molecule has 1 aromatic heterocycles. The molecule has 2 heterocycles. The van der Waals surface area contributed by atoms with Crippen LogP contribution in [0.3, 0.4) is 0 Å². The van der Waals surface area contributed by atoms with Gasteiger partial charge in [0, 0.05) is 11.8 Å². The maximum atomic E-state index is 11.3. The number of nitrogens with one attached hydrogen (secondary N) is 3. The van der Waals surface area contributed by atoms with Crippen LogP contribution in [0.1, 0.15) is 38.1 Å². The third-order valence-electron chi connectivity index (χ3n) is 4.97. The average molecular weight is 374 g/mol. The topological polar surface area (TPSA) is 92.0 Å². The number of piperidine rings is 1. The Morgan fingerprint density at radius 3 is 2.78 bits per heavy atom. The number of hydrogen-bond donors (Lipinski definition) is 3. The van der Waals surface area contributed by atoms with E-state index in [1.807, 2.05) is 26.0 Å². The first-order valence-corrected chi connectivity index (χ1v) is 9.72. The van der Waals surface area contributed by atoms with Crippen molar-refractivity contribution in [2.24, 2.45) is 5.41 Å². The molecule has 3 N–H and O–H groups in total. The summed E-state index contributed by atoms with van der Waals surface area (Å²) in [5.41, 5.74) is 0.981. The summed E-state index contributed by atoms with van der Waals surface area (Å²) in [5.74, 6) is 1.61. The highest BCUT2D eigenvalue weighted by Crippen LogP contribution is 2.32. The molecule has 1 aliphatic heterocycles. The summed E-state index contributed by atoms with van der Waals surface area (Å²) in [4.78, 5) is 14.1. The molecular formula is C20H30N4O3. The summed E-state index contributed by atoms with van der Waals surface area (Å²) in [5, 5.41) is 9.93. The largest absolute Gasteiger partial charge is 0.491 e. The Hall–Kier alpha value is -2.12. The smallest absolute Gasteiger partial charge is 0.340 e. The van der Waals surface area contributed by atoms with Crippen LogP contribution in [0.2, 0.25) is 0 Å². The van der Waals surface area contributed by atoms with Gasteiger partial charge in [0.1, 0.15) is 11.6 Å². The van der Waals surface area contributed by atoms with E-state index in [9.17, 15) is 4.79 Å². The van der Waals surface area contributed by atoms with E-state index in [0.29, 0.717) is 19.0 Å². The van der Waals surface area contributed by atoms with Gasteiger partial charge in [-0.1, -0.05) is 12.1 Å². The summed E-state index contributed by atoms with van der Waals surface area (Å²) >= 11 is 0. The standard InChI is InChI=1S/C20H30N4O3/c1-15(2)27-17-5-3-4-16(12-17)6-11-26-14-20(7-9-21-10-8-20)13-18-22-19(25)24-23-18/h3-5,12,15,21H,6-11,13-14H2,1-2H3,(H2,22,23,24,25). The number of hydrogen-bond acceptors (Lipinski definition) is 5. The molecule has 148 valence electrons. The van der Waals surface area contributed by atoms with Crippen LogP contribution in [-0.2, 0) is 17.6 Å². The van der Waals surface area contributed by atoms with Crippen LogP contribution in [0.15, 0.2) is 29.1 Å². The van der Waals surface area contributed by atoms with Gasteiger partial charge in [-0.15, -0.1) is 0 Å². The Bertz CT molecular complexity index is 762. The van der Waals surface area contributed by atoms with Crippen LogP contribution < -0.4 is 15.7 Å². The lowest BCUT2D eigenvalue weighted by Gasteiger charge is -2.36. The van der Waals surface area contributed by atoms with Crippen LogP contribution in [0.25, 0.3) is 0 Å². The molecule has 27 heavy (non-hydrogen) atoms. The predicted octanol–water partition coefficient (Wildman–Crippen LogP) is 2.06. The van der Waals surface area contributed by atoms with Crippen molar-refractivity contribution in [3.8, 4) is 5.75 Å². The maximum absolute atomic E-state index is 11.3. The quantitative estimate of drug-likeness (QED) is 0.584. The molecule has 1 aromatic carbocycles. The van der Waals surface area contributed by atoms with E-state index in [0.717, 1.165) is 44.5 Å². The van der Waals surface area contributed by atoms with Gasteiger partial charge >= 0.3 is 5.69 Å². The van der Waals surface area contributed by atoms with Crippen molar-refractivity contribution < 1.29 is 9.47 Å². The van der Waals surface area contributed by atoms with Crippen molar-refractivity contribution in [3.63, 3.8) is 0 Å². The van der Waals surface area contributed by atoms with Gasteiger partial charge in [-0.2, -0.15) is 5.10 Å². The molecule has 1 fully saturated rings. The van der Waals surface area contributed by atoms with Crippen LogP contribution >= 0.6 is 0 Å². The molecule has 0 aliphatic carbocycles. The van der Waals surface area contributed by atoms with Crippen LogP contribution in [0.5, 0.6) is 5.75 Å². The normalized spacial score (nSPS) is 16.6. The van der Waals surface area contributed by atoms with E-state index in [-0.39, 0.29) is 17.2 Å². The molecular weight excluding hydrogens is 344 g/mol. The molecule has 7 nitrogen and oxygen atoms in total. The molecule has 0 atom stereocenters. The summed E-state index contributed by atoms with van der Waals surface area (Å²) in [6, 6.07) is 8.19. The molecule has 0 bridgehead atoms. The number of ether oxygens (including phenoxy) is 2. The zero-order valence-corrected chi connectivity index (χ0v) is 16.2. The van der Waals surface area contributed by atoms with Gasteiger partial charge in [-0.25, -0.2) is 9.89 Å². The van der Waals surface area contributed by atoms with Crippen molar-refractivity contribution in [1.29, 1.82) is 0 Å². The summed E-state index contributed by atoms with van der Waals surface area (Å²) in [6.45, 7) is 7.32. The fourth-order valence-electron chi connectivity index (χ4n) is 3.60. The highest BCUT2D eigenvalue weighted by molar-refractivity contribution is 5.28. The lowest BCUT2D eigenvalue weighted by atomic mass is 9.76.